The van der Waals surface area contributed by atoms with E-state index in [1.165, 1.54) is 5.69 Å². The van der Waals surface area contributed by atoms with E-state index in [4.69, 9.17) is 5.73 Å². The van der Waals surface area contributed by atoms with E-state index in [0.29, 0.717) is 0 Å². The second-order valence-electron chi connectivity index (χ2n) is 3.81. The van der Waals surface area contributed by atoms with Gasteiger partial charge in [0.1, 0.15) is 5.65 Å². The predicted molar refractivity (Wildman–Crippen MR) is 57.3 cm³/mol. The first-order valence-electron chi connectivity index (χ1n) is 4.86. The summed E-state index contributed by atoms with van der Waals surface area (Å²) in [4.78, 5) is 4.40. The third kappa shape index (κ3) is 1.63. The Morgan fingerprint density at radius 2 is 2.29 bits per heavy atom. The maximum atomic E-state index is 5.79. The van der Waals surface area contributed by atoms with Crippen LogP contribution in [0, 0.1) is 6.92 Å². The number of rotatable bonds is 2. The van der Waals surface area contributed by atoms with Crippen molar-refractivity contribution in [3.8, 4) is 0 Å². The van der Waals surface area contributed by atoms with E-state index in [1.54, 1.807) is 0 Å². The molecule has 0 bridgehead atoms. The molecule has 14 heavy (non-hydrogen) atoms. The van der Waals surface area contributed by atoms with E-state index in [2.05, 4.69) is 15.5 Å². The van der Waals surface area contributed by atoms with E-state index in [0.717, 1.165) is 17.8 Å². The molecule has 0 amide bonds. The van der Waals surface area contributed by atoms with E-state index < -0.39 is 0 Å². The molecule has 2 rings (SSSR count). The number of fused-ring (bicyclic) bond motifs is 1. The Bertz CT molecular complexity index is 443. The quantitative estimate of drug-likeness (QED) is 0.778. The number of aromatic nitrogens is 2. The molecule has 3 heteroatoms. The number of hydrogen-bond donors (Lipinski definition) is 1. The van der Waals surface area contributed by atoms with Gasteiger partial charge in [-0.2, -0.15) is 0 Å². The summed E-state index contributed by atoms with van der Waals surface area (Å²) >= 11 is 0. The van der Waals surface area contributed by atoms with Gasteiger partial charge in [0.2, 0.25) is 0 Å². The first-order valence-corrected chi connectivity index (χ1v) is 4.86. The van der Waals surface area contributed by atoms with Crippen LogP contribution < -0.4 is 5.73 Å². The highest BCUT2D eigenvalue weighted by Crippen LogP contribution is 2.09. The fourth-order valence-corrected chi connectivity index (χ4v) is 1.69. The zero-order chi connectivity index (χ0) is 10.1. The van der Waals surface area contributed by atoms with Crippen LogP contribution in [0.15, 0.2) is 24.4 Å². The van der Waals surface area contributed by atoms with Crippen LogP contribution in [0.3, 0.4) is 0 Å². The maximum Gasteiger partial charge on any atom is 0.137 e. The Morgan fingerprint density at radius 1 is 1.50 bits per heavy atom. The van der Waals surface area contributed by atoms with Crippen molar-refractivity contribution in [3.05, 3.63) is 35.8 Å². The minimum absolute atomic E-state index is 0.184. The number of pyridine rings is 1. The predicted octanol–water partition coefficient (Wildman–Crippen LogP) is 1.53. The van der Waals surface area contributed by atoms with Crippen LogP contribution in [0.4, 0.5) is 0 Å². The van der Waals surface area contributed by atoms with Crippen LogP contribution in [0.2, 0.25) is 0 Å². The molecule has 0 spiro atoms. The summed E-state index contributed by atoms with van der Waals surface area (Å²) in [6.45, 7) is 4.02. The van der Waals surface area contributed by atoms with Gasteiger partial charge < -0.3 is 10.1 Å². The fourth-order valence-electron chi connectivity index (χ4n) is 1.69. The van der Waals surface area contributed by atoms with E-state index >= 15 is 0 Å². The zero-order valence-electron chi connectivity index (χ0n) is 8.57. The normalized spacial score (nSPS) is 13.4. The minimum Gasteiger partial charge on any atom is -0.328 e. The van der Waals surface area contributed by atoms with Crippen LogP contribution in [0.1, 0.15) is 18.3 Å². The Labute approximate surface area is 83.6 Å². The van der Waals surface area contributed by atoms with Crippen LogP contribution in [-0.2, 0) is 6.42 Å². The SMILES string of the molecule is Cc1cn2c(CC(C)N)cccc2n1. The average molecular weight is 189 g/mol. The van der Waals surface area contributed by atoms with Crippen molar-refractivity contribution < 1.29 is 0 Å². The lowest BCUT2D eigenvalue weighted by Gasteiger charge is -2.07. The smallest absolute Gasteiger partial charge is 0.137 e. The molecule has 0 saturated carbocycles. The molecular formula is C11H15N3. The Morgan fingerprint density at radius 3 is 3.00 bits per heavy atom. The highest BCUT2D eigenvalue weighted by atomic mass is 15.0. The number of aryl methyl sites for hydroxylation is 1. The molecule has 1 atom stereocenters. The van der Waals surface area contributed by atoms with Crippen molar-refractivity contribution >= 4 is 5.65 Å². The van der Waals surface area contributed by atoms with Crippen molar-refractivity contribution in [2.45, 2.75) is 26.3 Å². The molecule has 2 aromatic rings. The second-order valence-corrected chi connectivity index (χ2v) is 3.81. The van der Waals surface area contributed by atoms with Crippen LogP contribution in [0.5, 0.6) is 0 Å². The molecule has 2 aromatic heterocycles. The van der Waals surface area contributed by atoms with Gasteiger partial charge in [0.15, 0.2) is 0 Å². The molecule has 3 nitrogen and oxygen atoms in total. The molecule has 0 aromatic carbocycles. The Kier molecular flexibility index (Phi) is 2.25. The van der Waals surface area contributed by atoms with Crippen molar-refractivity contribution in [1.82, 2.24) is 9.38 Å². The third-order valence-corrected chi connectivity index (χ3v) is 2.23. The number of imidazole rings is 1. The molecule has 1 unspecified atom stereocenters. The summed E-state index contributed by atoms with van der Waals surface area (Å²) < 4.78 is 2.11. The lowest BCUT2D eigenvalue weighted by Crippen LogP contribution is -2.19. The van der Waals surface area contributed by atoms with E-state index in [1.807, 2.05) is 32.2 Å². The fraction of sp³-hybridized carbons (Fsp3) is 0.364. The number of hydrogen-bond acceptors (Lipinski definition) is 2. The molecule has 0 fully saturated rings. The lowest BCUT2D eigenvalue weighted by atomic mass is 10.2. The summed E-state index contributed by atoms with van der Waals surface area (Å²) in [6, 6.07) is 6.32. The van der Waals surface area contributed by atoms with Gasteiger partial charge >= 0.3 is 0 Å². The van der Waals surface area contributed by atoms with Gasteiger partial charge in [0, 0.05) is 24.4 Å². The molecule has 0 saturated heterocycles. The standard InChI is InChI=1S/C11H15N3/c1-8(12)6-10-4-3-5-11-13-9(2)7-14(10)11/h3-5,7-8H,6,12H2,1-2H3. The summed E-state index contributed by atoms with van der Waals surface area (Å²) in [6.07, 6.45) is 2.93. The van der Waals surface area contributed by atoms with Gasteiger partial charge in [-0.25, -0.2) is 4.98 Å². The van der Waals surface area contributed by atoms with Gasteiger partial charge in [-0.15, -0.1) is 0 Å². The average Bonchev–Trinajstić information content (AvgIpc) is 2.45. The molecule has 0 aliphatic carbocycles. The third-order valence-electron chi connectivity index (χ3n) is 2.23. The molecule has 74 valence electrons. The largest absolute Gasteiger partial charge is 0.328 e. The molecule has 2 N–H and O–H groups in total. The summed E-state index contributed by atoms with van der Waals surface area (Å²) in [7, 11) is 0. The molecule has 0 aliphatic rings. The number of nitrogens with two attached hydrogens (primary N) is 1. The monoisotopic (exact) mass is 189 g/mol. The Hall–Kier alpha value is -1.35. The first-order chi connectivity index (χ1) is 6.66. The van der Waals surface area contributed by atoms with Crippen LogP contribution >= 0.6 is 0 Å². The first kappa shape index (κ1) is 9.21. The van der Waals surface area contributed by atoms with Gasteiger partial charge in [0.05, 0.1) is 5.69 Å². The Balaban J connectivity index is 2.53. The summed E-state index contributed by atoms with van der Waals surface area (Å²) in [5.74, 6) is 0. The second kappa shape index (κ2) is 3.42. The van der Waals surface area contributed by atoms with E-state index in [-0.39, 0.29) is 6.04 Å². The highest BCUT2D eigenvalue weighted by molar-refractivity contribution is 5.41. The highest BCUT2D eigenvalue weighted by Gasteiger charge is 2.04. The molecular weight excluding hydrogens is 174 g/mol. The molecule has 2 heterocycles. The van der Waals surface area contributed by atoms with Crippen molar-refractivity contribution in [2.75, 3.05) is 0 Å². The van der Waals surface area contributed by atoms with E-state index in [9.17, 15) is 0 Å². The zero-order valence-corrected chi connectivity index (χ0v) is 8.57. The molecule has 0 aliphatic heterocycles. The van der Waals surface area contributed by atoms with Crippen LogP contribution in [0.25, 0.3) is 5.65 Å². The number of nitrogens with zero attached hydrogens (tertiary/aromatic N) is 2. The van der Waals surface area contributed by atoms with Crippen molar-refractivity contribution in [2.24, 2.45) is 5.73 Å². The van der Waals surface area contributed by atoms with Gasteiger partial charge in [-0.05, 0) is 26.0 Å². The van der Waals surface area contributed by atoms with Gasteiger partial charge in [-0.3, -0.25) is 0 Å². The lowest BCUT2D eigenvalue weighted by molar-refractivity contribution is 0.714. The summed E-state index contributed by atoms with van der Waals surface area (Å²) in [5.41, 5.74) is 9.05. The van der Waals surface area contributed by atoms with Gasteiger partial charge in [-0.1, -0.05) is 6.07 Å². The van der Waals surface area contributed by atoms with Gasteiger partial charge in [0.25, 0.3) is 0 Å². The molecule has 0 radical (unpaired) electrons. The van der Waals surface area contributed by atoms with Crippen molar-refractivity contribution in [1.29, 1.82) is 0 Å². The maximum absolute atomic E-state index is 5.79. The summed E-state index contributed by atoms with van der Waals surface area (Å²) in [5, 5.41) is 0. The topological polar surface area (TPSA) is 43.3 Å². The van der Waals surface area contributed by atoms with Crippen molar-refractivity contribution in [3.63, 3.8) is 0 Å². The minimum atomic E-state index is 0.184. The van der Waals surface area contributed by atoms with Crippen LogP contribution in [-0.4, -0.2) is 15.4 Å².